The quantitative estimate of drug-likeness (QED) is 0.730. The number of piperidine rings is 1. The molecule has 0 saturated carbocycles. The minimum Gasteiger partial charge on any atom is -0.341 e. The lowest BCUT2D eigenvalue weighted by Gasteiger charge is -2.31. The van der Waals surface area contributed by atoms with Gasteiger partial charge in [0.1, 0.15) is 5.69 Å². The number of carbonyl (C=O) groups excluding carboxylic acids is 1. The lowest BCUT2D eigenvalue weighted by molar-refractivity contribution is 0.0673. The topological polar surface area (TPSA) is 75.0 Å². The van der Waals surface area contributed by atoms with Gasteiger partial charge in [-0.1, -0.05) is 0 Å². The van der Waals surface area contributed by atoms with Crippen LogP contribution in [0.4, 0.5) is 0 Å². The molecule has 5 nitrogen and oxygen atoms in total. The fraction of sp³-hybridized carbons (Fsp3) is 0.600. The number of rotatable bonds is 2. The van der Waals surface area contributed by atoms with Crippen LogP contribution in [0.2, 0.25) is 0 Å². The molecule has 1 amide bonds. The first-order valence-corrected chi connectivity index (χ1v) is 5.29. The van der Waals surface area contributed by atoms with Crippen LogP contribution in [-0.4, -0.2) is 40.4 Å². The van der Waals surface area contributed by atoms with Crippen LogP contribution in [0.3, 0.4) is 0 Å². The number of imidazole rings is 1. The van der Waals surface area contributed by atoms with Crippen LogP contribution in [0.1, 0.15) is 23.3 Å². The normalized spacial score (nSPS) is 21.7. The van der Waals surface area contributed by atoms with Crippen molar-refractivity contribution in [3.63, 3.8) is 0 Å². The maximum atomic E-state index is 11.9. The lowest BCUT2D eigenvalue weighted by Crippen LogP contribution is -2.42. The minimum atomic E-state index is 0.0330. The Morgan fingerprint density at radius 2 is 2.60 bits per heavy atom. The highest BCUT2D eigenvalue weighted by molar-refractivity contribution is 5.92. The number of aromatic nitrogens is 2. The van der Waals surface area contributed by atoms with Crippen LogP contribution < -0.4 is 5.73 Å². The molecule has 1 saturated heterocycles. The molecule has 1 aromatic heterocycles. The summed E-state index contributed by atoms with van der Waals surface area (Å²) in [7, 11) is 0. The number of nitrogens with zero attached hydrogens (tertiary/aromatic N) is 2. The van der Waals surface area contributed by atoms with Crippen LogP contribution in [-0.2, 0) is 0 Å². The smallest absolute Gasteiger partial charge is 0.271 e. The summed E-state index contributed by atoms with van der Waals surface area (Å²) in [5, 5.41) is 0. The summed E-state index contributed by atoms with van der Waals surface area (Å²) in [6.45, 7) is 2.26. The molecular weight excluding hydrogens is 192 g/mol. The van der Waals surface area contributed by atoms with Crippen LogP contribution in [0.15, 0.2) is 12.5 Å². The molecule has 1 aliphatic heterocycles. The highest BCUT2D eigenvalue weighted by Crippen LogP contribution is 2.16. The van der Waals surface area contributed by atoms with Crippen LogP contribution >= 0.6 is 0 Å². The molecule has 0 radical (unpaired) electrons. The van der Waals surface area contributed by atoms with Crippen molar-refractivity contribution in [1.29, 1.82) is 0 Å². The number of nitrogens with two attached hydrogens (primary N) is 1. The summed E-state index contributed by atoms with van der Waals surface area (Å²) < 4.78 is 0. The molecule has 1 aliphatic rings. The van der Waals surface area contributed by atoms with Crippen molar-refractivity contribution in [2.45, 2.75) is 12.8 Å². The first-order valence-electron chi connectivity index (χ1n) is 5.29. The molecule has 2 rings (SSSR count). The van der Waals surface area contributed by atoms with Gasteiger partial charge in [-0.2, -0.15) is 0 Å². The Kier molecular flexibility index (Phi) is 3.01. The van der Waals surface area contributed by atoms with E-state index in [4.69, 9.17) is 5.73 Å². The molecule has 0 aromatic carbocycles. The molecule has 15 heavy (non-hydrogen) atoms. The zero-order valence-electron chi connectivity index (χ0n) is 8.65. The van der Waals surface area contributed by atoms with Gasteiger partial charge >= 0.3 is 0 Å². The molecule has 82 valence electrons. The van der Waals surface area contributed by atoms with E-state index < -0.39 is 0 Å². The number of likely N-dealkylation sites (tertiary alicyclic amines) is 1. The predicted molar refractivity (Wildman–Crippen MR) is 56.3 cm³/mol. The van der Waals surface area contributed by atoms with E-state index in [1.54, 1.807) is 6.20 Å². The van der Waals surface area contributed by atoms with E-state index in [-0.39, 0.29) is 5.91 Å². The SMILES string of the molecule is NCC1CCCN(C(=O)c2cnc[nH]2)C1. The van der Waals surface area contributed by atoms with Crippen molar-refractivity contribution >= 4 is 5.91 Å². The zero-order valence-corrected chi connectivity index (χ0v) is 8.65. The van der Waals surface area contributed by atoms with E-state index in [1.807, 2.05) is 4.90 Å². The second-order valence-corrected chi connectivity index (χ2v) is 3.96. The first-order chi connectivity index (χ1) is 7.31. The van der Waals surface area contributed by atoms with Gasteiger partial charge in [0.2, 0.25) is 0 Å². The molecule has 1 atom stereocenters. The number of hydrogen-bond donors (Lipinski definition) is 2. The molecular formula is C10H16N4O. The van der Waals surface area contributed by atoms with Gasteiger partial charge in [-0.05, 0) is 25.3 Å². The van der Waals surface area contributed by atoms with Gasteiger partial charge < -0.3 is 15.6 Å². The maximum absolute atomic E-state index is 11.9. The van der Waals surface area contributed by atoms with Gasteiger partial charge in [0.05, 0.1) is 12.5 Å². The van der Waals surface area contributed by atoms with Crippen molar-refractivity contribution in [3.8, 4) is 0 Å². The molecule has 0 bridgehead atoms. The third-order valence-corrected chi connectivity index (χ3v) is 2.87. The van der Waals surface area contributed by atoms with Gasteiger partial charge in [0.15, 0.2) is 0 Å². The Labute approximate surface area is 88.7 Å². The summed E-state index contributed by atoms with van der Waals surface area (Å²) in [4.78, 5) is 20.5. The second kappa shape index (κ2) is 4.44. The fourth-order valence-corrected chi connectivity index (χ4v) is 1.99. The average Bonchev–Trinajstić information content (AvgIpc) is 2.81. The Morgan fingerprint density at radius 1 is 1.73 bits per heavy atom. The van der Waals surface area contributed by atoms with E-state index in [9.17, 15) is 4.79 Å². The van der Waals surface area contributed by atoms with Crippen molar-refractivity contribution in [3.05, 3.63) is 18.2 Å². The van der Waals surface area contributed by atoms with Gasteiger partial charge in [-0.15, -0.1) is 0 Å². The number of H-pyrrole nitrogens is 1. The standard InChI is InChI=1S/C10H16N4O/c11-4-8-2-1-3-14(6-8)10(15)9-5-12-7-13-9/h5,7-8H,1-4,6,11H2,(H,12,13). The highest BCUT2D eigenvalue weighted by atomic mass is 16.2. The Morgan fingerprint density at radius 3 is 3.27 bits per heavy atom. The monoisotopic (exact) mass is 208 g/mol. The van der Waals surface area contributed by atoms with Gasteiger partial charge in [0, 0.05) is 13.1 Å². The average molecular weight is 208 g/mol. The fourth-order valence-electron chi connectivity index (χ4n) is 1.99. The van der Waals surface area contributed by atoms with E-state index in [0.717, 1.165) is 25.9 Å². The molecule has 1 unspecified atom stereocenters. The van der Waals surface area contributed by atoms with Crippen molar-refractivity contribution in [2.75, 3.05) is 19.6 Å². The summed E-state index contributed by atoms with van der Waals surface area (Å²) in [6, 6.07) is 0. The van der Waals surface area contributed by atoms with Crippen molar-refractivity contribution in [1.82, 2.24) is 14.9 Å². The maximum Gasteiger partial charge on any atom is 0.271 e. The molecule has 1 aromatic rings. The Hall–Kier alpha value is -1.36. The van der Waals surface area contributed by atoms with E-state index in [2.05, 4.69) is 9.97 Å². The van der Waals surface area contributed by atoms with Gasteiger partial charge in [-0.3, -0.25) is 4.79 Å². The second-order valence-electron chi connectivity index (χ2n) is 3.96. The van der Waals surface area contributed by atoms with E-state index in [0.29, 0.717) is 18.2 Å². The third kappa shape index (κ3) is 2.18. The number of amides is 1. The van der Waals surface area contributed by atoms with Crippen molar-refractivity contribution < 1.29 is 4.79 Å². The van der Waals surface area contributed by atoms with Crippen LogP contribution in [0, 0.1) is 5.92 Å². The summed E-state index contributed by atoms with van der Waals surface area (Å²) in [5.41, 5.74) is 6.19. The number of nitrogens with one attached hydrogen (secondary N) is 1. The third-order valence-electron chi connectivity index (χ3n) is 2.87. The summed E-state index contributed by atoms with van der Waals surface area (Å²) >= 11 is 0. The highest BCUT2D eigenvalue weighted by Gasteiger charge is 2.24. The van der Waals surface area contributed by atoms with Gasteiger partial charge in [-0.25, -0.2) is 4.98 Å². The number of aromatic amines is 1. The molecule has 0 aliphatic carbocycles. The molecule has 0 spiro atoms. The lowest BCUT2D eigenvalue weighted by atomic mass is 9.98. The molecule has 5 heteroatoms. The Bertz CT molecular complexity index is 322. The predicted octanol–water partition coefficient (Wildman–Crippen LogP) is 0.221. The summed E-state index contributed by atoms with van der Waals surface area (Å²) in [5.74, 6) is 0.483. The summed E-state index contributed by atoms with van der Waals surface area (Å²) in [6.07, 6.45) is 5.26. The Balaban J connectivity index is 2.01. The van der Waals surface area contributed by atoms with Crippen LogP contribution in [0.25, 0.3) is 0 Å². The van der Waals surface area contributed by atoms with Crippen molar-refractivity contribution in [2.24, 2.45) is 11.7 Å². The zero-order chi connectivity index (χ0) is 10.7. The van der Waals surface area contributed by atoms with Gasteiger partial charge in [0.25, 0.3) is 5.91 Å². The molecule has 2 heterocycles. The number of hydrogen-bond acceptors (Lipinski definition) is 3. The first kappa shape index (κ1) is 10.2. The number of carbonyl (C=O) groups is 1. The van der Waals surface area contributed by atoms with Crippen LogP contribution in [0.5, 0.6) is 0 Å². The minimum absolute atomic E-state index is 0.0330. The van der Waals surface area contributed by atoms with E-state index in [1.165, 1.54) is 6.33 Å². The molecule has 3 N–H and O–H groups in total. The van der Waals surface area contributed by atoms with E-state index >= 15 is 0 Å². The molecule has 1 fully saturated rings. The largest absolute Gasteiger partial charge is 0.341 e.